The van der Waals surface area contributed by atoms with Gasteiger partial charge < -0.3 is 10.1 Å². The first-order chi connectivity index (χ1) is 8.92. The molecule has 2 aromatic rings. The standard InChI is InChI=1S/C11H10Br2N2O3S/c12-7-1-2-10(13)11(3-7)15-19(17,18)9-4-8(6-16)14-5-9/h1-5,14-16H,6H2. The van der Waals surface area contributed by atoms with Crippen LogP contribution >= 0.6 is 31.9 Å². The van der Waals surface area contributed by atoms with Gasteiger partial charge in [0.1, 0.15) is 4.90 Å². The van der Waals surface area contributed by atoms with Crippen LogP contribution in [0.5, 0.6) is 0 Å². The molecule has 0 amide bonds. The third-order valence-corrected chi connectivity index (χ3v) is 4.90. The second-order valence-corrected chi connectivity index (χ2v) is 7.20. The van der Waals surface area contributed by atoms with Crippen molar-refractivity contribution in [2.24, 2.45) is 0 Å². The molecular weight excluding hydrogens is 400 g/mol. The lowest BCUT2D eigenvalue weighted by atomic mass is 10.3. The average molecular weight is 410 g/mol. The molecule has 0 spiro atoms. The van der Waals surface area contributed by atoms with E-state index in [0.717, 1.165) is 4.47 Å². The summed E-state index contributed by atoms with van der Waals surface area (Å²) < 4.78 is 28.2. The lowest BCUT2D eigenvalue weighted by molar-refractivity contribution is 0.277. The first kappa shape index (κ1) is 14.6. The molecule has 102 valence electrons. The Morgan fingerprint density at radius 3 is 2.63 bits per heavy atom. The summed E-state index contributed by atoms with van der Waals surface area (Å²) in [5.41, 5.74) is 0.870. The Balaban J connectivity index is 2.33. The van der Waals surface area contributed by atoms with Gasteiger partial charge in [0, 0.05) is 20.8 Å². The summed E-state index contributed by atoms with van der Waals surface area (Å²) in [4.78, 5) is 2.76. The van der Waals surface area contributed by atoms with Gasteiger partial charge in [-0.25, -0.2) is 8.42 Å². The molecular formula is C11H10Br2N2O3S. The number of anilines is 1. The highest BCUT2D eigenvalue weighted by atomic mass is 79.9. The van der Waals surface area contributed by atoms with Crippen LogP contribution in [0, 0.1) is 0 Å². The Morgan fingerprint density at radius 1 is 1.26 bits per heavy atom. The Morgan fingerprint density at radius 2 is 2.00 bits per heavy atom. The molecule has 1 aromatic heterocycles. The molecule has 0 aliphatic rings. The molecule has 0 saturated carbocycles. The fourth-order valence-electron chi connectivity index (χ4n) is 1.44. The number of benzene rings is 1. The van der Waals surface area contributed by atoms with Crippen molar-refractivity contribution >= 4 is 47.6 Å². The smallest absolute Gasteiger partial charge is 0.263 e. The van der Waals surface area contributed by atoms with Crippen LogP contribution in [0.15, 0.2) is 44.3 Å². The molecule has 0 unspecified atom stereocenters. The van der Waals surface area contributed by atoms with Crippen molar-refractivity contribution in [2.75, 3.05) is 4.72 Å². The van der Waals surface area contributed by atoms with E-state index in [2.05, 4.69) is 41.6 Å². The highest BCUT2D eigenvalue weighted by Crippen LogP contribution is 2.28. The molecule has 8 heteroatoms. The lowest BCUT2D eigenvalue weighted by Crippen LogP contribution is -2.12. The summed E-state index contributed by atoms with van der Waals surface area (Å²) in [7, 11) is -3.69. The molecule has 1 heterocycles. The van der Waals surface area contributed by atoms with Gasteiger partial charge in [0.2, 0.25) is 0 Å². The second kappa shape index (κ2) is 5.66. The number of sulfonamides is 1. The van der Waals surface area contributed by atoms with Gasteiger partial charge in [-0.3, -0.25) is 4.72 Å². The molecule has 0 atom stereocenters. The molecule has 0 aliphatic carbocycles. The SMILES string of the molecule is O=S(=O)(Nc1cc(Br)ccc1Br)c1c[nH]c(CO)c1. The molecule has 0 bridgehead atoms. The maximum absolute atomic E-state index is 12.1. The van der Waals surface area contributed by atoms with E-state index in [1.165, 1.54) is 12.3 Å². The number of hydrogen-bond acceptors (Lipinski definition) is 3. The van der Waals surface area contributed by atoms with E-state index in [4.69, 9.17) is 5.11 Å². The average Bonchev–Trinajstić information content (AvgIpc) is 2.83. The first-order valence-electron chi connectivity index (χ1n) is 5.18. The molecule has 0 radical (unpaired) electrons. The predicted molar refractivity (Wildman–Crippen MR) is 79.4 cm³/mol. The van der Waals surface area contributed by atoms with Gasteiger partial charge in [-0.15, -0.1) is 0 Å². The zero-order valence-corrected chi connectivity index (χ0v) is 13.5. The van der Waals surface area contributed by atoms with E-state index in [9.17, 15) is 8.42 Å². The summed E-state index contributed by atoms with van der Waals surface area (Å²) in [6.45, 7) is -0.240. The number of hydrogen-bond donors (Lipinski definition) is 3. The van der Waals surface area contributed by atoms with Gasteiger partial charge in [-0.05, 0) is 40.2 Å². The van der Waals surface area contributed by atoms with Crippen LogP contribution in [0.2, 0.25) is 0 Å². The van der Waals surface area contributed by atoms with Gasteiger partial charge in [-0.2, -0.15) is 0 Å². The molecule has 3 N–H and O–H groups in total. The van der Waals surface area contributed by atoms with Crippen molar-refractivity contribution in [3.63, 3.8) is 0 Å². The minimum Gasteiger partial charge on any atom is -0.390 e. The largest absolute Gasteiger partial charge is 0.390 e. The molecule has 1 aromatic carbocycles. The summed E-state index contributed by atoms with van der Waals surface area (Å²) in [5.74, 6) is 0. The summed E-state index contributed by atoms with van der Waals surface area (Å²) >= 11 is 6.56. The zero-order valence-electron chi connectivity index (χ0n) is 9.52. The fourth-order valence-corrected chi connectivity index (χ4v) is 3.37. The minimum atomic E-state index is -3.69. The highest BCUT2D eigenvalue weighted by molar-refractivity contribution is 9.11. The normalized spacial score (nSPS) is 11.5. The van der Waals surface area contributed by atoms with Gasteiger partial charge in [-0.1, -0.05) is 15.9 Å². The van der Waals surface area contributed by atoms with Crippen LogP contribution in [0.25, 0.3) is 0 Å². The zero-order chi connectivity index (χ0) is 14.0. The van der Waals surface area contributed by atoms with Gasteiger partial charge in [0.05, 0.1) is 12.3 Å². The quantitative estimate of drug-likeness (QED) is 0.726. The monoisotopic (exact) mass is 408 g/mol. The fraction of sp³-hybridized carbons (Fsp3) is 0.0909. The Kier molecular flexibility index (Phi) is 4.34. The maximum Gasteiger partial charge on any atom is 0.263 e. The molecule has 0 aliphatic heterocycles. The van der Waals surface area contributed by atoms with Crippen LogP contribution in [-0.2, 0) is 16.6 Å². The van der Waals surface area contributed by atoms with E-state index in [1.807, 2.05) is 0 Å². The number of rotatable bonds is 4. The number of H-pyrrole nitrogens is 1. The van der Waals surface area contributed by atoms with Crippen LogP contribution in [-0.4, -0.2) is 18.5 Å². The summed E-state index contributed by atoms with van der Waals surface area (Å²) in [5, 5.41) is 8.93. The molecule has 0 saturated heterocycles. The van der Waals surface area contributed by atoms with Crippen LogP contribution in [0.1, 0.15) is 5.69 Å². The van der Waals surface area contributed by atoms with E-state index in [0.29, 0.717) is 15.9 Å². The summed E-state index contributed by atoms with van der Waals surface area (Å²) in [6.07, 6.45) is 1.33. The lowest BCUT2D eigenvalue weighted by Gasteiger charge is -2.08. The van der Waals surface area contributed by atoms with Crippen LogP contribution in [0.3, 0.4) is 0 Å². The Labute approximate surface area is 127 Å². The van der Waals surface area contributed by atoms with Gasteiger partial charge in [0.25, 0.3) is 10.0 Å². The number of nitrogens with one attached hydrogen (secondary N) is 2. The van der Waals surface area contributed by atoms with Crippen LogP contribution in [0.4, 0.5) is 5.69 Å². The molecule has 5 nitrogen and oxygen atoms in total. The van der Waals surface area contributed by atoms with Crippen molar-refractivity contribution in [3.8, 4) is 0 Å². The number of aromatic amines is 1. The number of halogens is 2. The Hall–Kier alpha value is -0.830. The number of aromatic nitrogens is 1. The first-order valence-corrected chi connectivity index (χ1v) is 8.25. The molecule has 0 fully saturated rings. The topological polar surface area (TPSA) is 82.2 Å². The van der Waals surface area contributed by atoms with Crippen molar-refractivity contribution in [3.05, 3.63) is 45.1 Å². The van der Waals surface area contributed by atoms with Crippen molar-refractivity contribution in [1.82, 2.24) is 4.98 Å². The van der Waals surface area contributed by atoms with E-state index in [1.54, 1.807) is 18.2 Å². The van der Waals surface area contributed by atoms with Gasteiger partial charge >= 0.3 is 0 Å². The Bertz CT molecular complexity index is 698. The van der Waals surface area contributed by atoms with Crippen molar-refractivity contribution in [1.29, 1.82) is 0 Å². The van der Waals surface area contributed by atoms with Crippen molar-refractivity contribution < 1.29 is 13.5 Å². The van der Waals surface area contributed by atoms with Crippen molar-refractivity contribution in [2.45, 2.75) is 11.5 Å². The van der Waals surface area contributed by atoms with E-state index < -0.39 is 10.0 Å². The predicted octanol–water partition coefficient (Wildman–Crippen LogP) is 2.83. The number of aliphatic hydroxyl groups is 1. The van der Waals surface area contributed by atoms with Gasteiger partial charge in [0.15, 0.2) is 0 Å². The molecule has 19 heavy (non-hydrogen) atoms. The minimum absolute atomic E-state index is 0.0726. The molecule has 2 rings (SSSR count). The summed E-state index contributed by atoms with van der Waals surface area (Å²) in [6, 6.07) is 6.57. The third-order valence-electron chi connectivity index (χ3n) is 2.37. The highest BCUT2D eigenvalue weighted by Gasteiger charge is 2.17. The third kappa shape index (κ3) is 3.38. The number of aliphatic hydroxyl groups excluding tert-OH is 1. The second-order valence-electron chi connectivity index (χ2n) is 3.75. The maximum atomic E-state index is 12.1. The van der Waals surface area contributed by atoms with E-state index in [-0.39, 0.29) is 11.5 Å². The van der Waals surface area contributed by atoms with E-state index >= 15 is 0 Å². The van der Waals surface area contributed by atoms with Crippen LogP contribution < -0.4 is 4.72 Å².